The van der Waals surface area contributed by atoms with Crippen LogP contribution in [0.4, 0.5) is 0 Å². The Hall–Kier alpha value is -2.90. The van der Waals surface area contributed by atoms with Crippen LogP contribution in [0.5, 0.6) is 11.5 Å². The van der Waals surface area contributed by atoms with Gasteiger partial charge in [0, 0.05) is 19.6 Å². The van der Waals surface area contributed by atoms with Gasteiger partial charge in [0.05, 0.1) is 12.2 Å². The van der Waals surface area contributed by atoms with E-state index in [4.69, 9.17) is 9.47 Å². The third-order valence-electron chi connectivity index (χ3n) is 5.59. The summed E-state index contributed by atoms with van der Waals surface area (Å²) < 4.78 is 11.6. The molecule has 0 aromatic heterocycles. The van der Waals surface area contributed by atoms with E-state index < -0.39 is 17.8 Å². The first-order valence-corrected chi connectivity index (χ1v) is 10.8. The van der Waals surface area contributed by atoms with Crippen LogP contribution in [0.25, 0.3) is 0 Å². The minimum absolute atomic E-state index is 0.0450. The number of para-hydroxylation sites is 2. The fourth-order valence-corrected chi connectivity index (χ4v) is 3.92. The zero-order valence-electron chi connectivity index (χ0n) is 17.9. The Morgan fingerprint density at radius 3 is 1.53 bits per heavy atom. The standard InChI is InChI=1S/C26H29NO5/c28-22(20-9-3-1-4-10-20)15-27(16-23(29)21-11-5-2-6-12-21)17-26(30)18-31-24-13-7-8-14-25(24)32-19-26/h1-14,22-23,28-30H,15-19H2. The molecule has 1 aliphatic rings. The predicted octanol–water partition coefficient (Wildman–Crippen LogP) is 2.96. The molecule has 1 aliphatic heterocycles. The van der Waals surface area contributed by atoms with Crippen LogP contribution in [-0.4, -0.2) is 58.7 Å². The van der Waals surface area contributed by atoms with E-state index in [1.165, 1.54) is 0 Å². The van der Waals surface area contributed by atoms with E-state index in [0.29, 0.717) is 11.5 Å². The Kier molecular flexibility index (Phi) is 7.07. The fraction of sp³-hybridized carbons (Fsp3) is 0.308. The molecule has 6 heteroatoms. The van der Waals surface area contributed by atoms with E-state index in [0.717, 1.165) is 11.1 Å². The van der Waals surface area contributed by atoms with Gasteiger partial charge < -0.3 is 24.8 Å². The molecule has 0 fully saturated rings. The van der Waals surface area contributed by atoms with Crippen molar-refractivity contribution >= 4 is 0 Å². The van der Waals surface area contributed by atoms with E-state index in [2.05, 4.69) is 0 Å². The first-order valence-electron chi connectivity index (χ1n) is 10.8. The van der Waals surface area contributed by atoms with Gasteiger partial charge in [0.2, 0.25) is 0 Å². The molecule has 0 saturated carbocycles. The Morgan fingerprint density at radius 1 is 0.688 bits per heavy atom. The van der Waals surface area contributed by atoms with E-state index in [1.54, 1.807) is 12.1 Å². The van der Waals surface area contributed by atoms with Gasteiger partial charge in [0.1, 0.15) is 18.8 Å². The SMILES string of the molecule is OC(CN(CC(O)c1ccccc1)CC1(O)COc2ccccc2OC1)c1ccccc1. The number of aliphatic hydroxyl groups excluding tert-OH is 2. The van der Waals surface area contributed by atoms with E-state index >= 15 is 0 Å². The van der Waals surface area contributed by atoms with Gasteiger partial charge in [-0.15, -0.1) is 0 Å². The number of fused-ring (bicyclic) bond motifs is 1. The van der Waals surface area contributed by atoms with E-state index in [9.17, 15) is 15.3 Å². The summed E-state index contributed by atoms with van der Waals surface area (Å²) >= 11 is 0. The molecule has 0 saturated heterocycles. The normalized spacial score (nSPS) is 16.9. The first kappa shape index (κ1) is 22.3. The lowest BCUT2D eigenvalue weighted by molar-refractivity contribution is -0.0639. The lowest BCUT2D eigenvalue weighted by Crippen LogP contribution is -2.52. The molecule has 4 rings (SSSR count). The molecule has 168 valence electrons. The fourth-order valence-electron chi connectivity index (χ4n) is 3.92. The van der Waals surface area contributed by atoms with Gasteiger partial charge in [0.25, 0.3) is 0 Å². The second-order valence-electron chi connectivity index (χ2n) is 8.30. The maximum atomic E-state index is 11.3. The van der Waals surface area contributed by atoms with Crippen LogP contribution in [0, 0.1) is 0 Å². The molecular formula is C26H29NO5. The Morgan fingerprint density at radius 2 is 1.09 bits per heavy atom. The number of hydrogen-bond acceptors (Lipinski definition) is 6. The molecule has 1 heterocycles. The molecular weight excluding hydrogens is 406 g/mol. The average molecular weight is 436 g/mol. The summed E-state index contributed by atoms with van der Waals surface area (Å²) in [5.41, 5.74) is 0.241. The second kappa shape index (κ2) is 10.1. The molecule has 0 radical (unpaired) electrons. The summed E-state index contributed by atoms with van der Waals surface area (Å²) in [6, 6.07) is 26.0. The summed E-state index contributed by atoms with van der Waals surface area (Å²) in [6.07, 6.45) is -1.54. The Labute approximate surface area is 188 Å². The molecule has 3 aromatic rings. The van der Waals surface area contributed by atoms with E-state index in [1.807, 2.05) is 77.7 Å². The summed E-state index contributed by atoms with van der Waals surface area (Å²) in [6.45, 7) is 0.730. The molecule has 6 nitrogen and oxygen atoms in total. The molecule has 0 amide bonds. The maximum absolute atomic E-state index is 11.3. The van der Waals surface area contributed by atoms with Crippen LogP contribution in [0.15, 0.2) is 84.9 Å². The minimum Gasteiger partial charge on any atom is -0.487 e. The zero-order valence-corrected chi connectivity index (χ0v) is 17.9. The summed E-state index contributed by atoms with van der Waals surface area (Å²) in [5.74, 6) is 1.17. The Balaban J connectivity index is 1.50. The van der Waals surface area contributed by atoms with Gasteiger partial charge in [-0.2, -0.15) is 0 Å². The van der Waals surface area contributed by atoms with Gasteiger partial charge in [-0.1, -0.05) is 72.8 Å². The van der Waals surface area contributed by atoms with Crippen molar-refractivity contribution in [2.24, 2.45) is 0 Å². The monoisotopic (exact) mass is 435 g/mol. The van der Waals surface area contributed by atoms with Crippen molar-refractivity contribution in [3.05, 3.63) is 96.1 Å². The van der Waals surface area contributed by atoms with Crippen molar-refractivity contribution in [2.45, 2.75) is 17.8 Å². The van der Waals surface area contributed by atoms with E-state index in [-0.39, 0.29) is 32.8 Å². The third kappa shape index (κ3) is 5.66. The zero-order chi connectivity index (χ0) is 22.4. The summed E-state index contributed by atoms with van der Waals surface area (Å²) in [5, 5.41) is 32.9. The maximum Gasteiger partial charge on any atom is 0.161 e. The van der Waals surface area contributed by atoms with Crippen molar-refractivity contribution in [3.63, 3.8) is 0 Å². The molecule has 32 heavy (non-hydrogen) atoms. The highest BCUT2D eigenvalue weighted by Gasteiger charge is 2.36. The molecule has 3 N–H and O–H groups in total. The summed E-state index contributed by atoms with van der Waals surface area (Å²) in [7, 11) is 0. The number of hydrogen-bond donors (Lipinski definition) is 3. The number of nitrogens with zero attached hydrogens (tertiary/aromatic N) is 1. The second-order valence-corrected chi connectivity index (χ2v) is 8.30. The molecule has 2 unspecified atom stereocenters. The Bertz CT molecular complexity index is 907. The third-order valence-corrected chi connectivity index (χ3v) is 5.59. The van der Waals surface area contributed by atoms with Crippen molar-refractivity contribution in [1.29, 1.82) is 0 Å². The molecule has 2 atom stereocenters. The van der Waals surface area contributed by atoms with Crippen molar-refractivity contribution in [3.8, 4) is 11.5 Å². The molecule has 0 spiro atoms. The van der Waals surface area contributed by atoms with Gasteiger partial charge >= 0.3 is 0 Å². The van der Waals surface area contributed by atoms with Crippen LogP contribution < -0.4 is 9.47 Å². The number of aliphatic hydroxyl groups is 3. The lowest BCUT2D eigenvalue weighted by Gasteiger charge is -2.34. The average Bonchev–Trinajstić information content (AvgIpc) is 2.99. The van der Waals surface area contributed by atoms with Gasteiger partial charge in [-0.25, -0.2) is 0 Å². The number of rotatable bonds is 8. The minimum atomic E-state index is -1.31. The first-order chi connectivity index (χ1) is 15.5. The predicted molar refractivity (Wildman–Crippen MR) is 122 cm³/mol. The van der Waals surface area contributed by atoms with Gasteiger partial charge in [0.15, 0.2) is 11.5 Å². The van der Waals surface area contributed by atoms with Crippen LogP contribution >= 0.6 is 0 Å². The molecule has 0 bridgehead atoms. The number of ether oxygens (including phenoxy) is 2. The van der Waals surface area contributed by atoms with Crippen molar-refractivity contribution in [2.75, 3.05) is 32.8 Å². The topological polar surface area (TPSA) is 82.4 Å². The highest BCUT2D eigenvalue weighted by atomic mass is 16.6. The smallest absolute Gasteiger partial charge is 0.161 e. The van der Waals surface area contributed by atoms with Crippen LogP contribution in [0.3, 0.4) is 0 Å². The molecule has 3 aromatic carbocycles. The number of benzene rings is 3. The van der Waals surface area contributed by atoms with Crippen molar-refractivity contribution < 1.29 is 24.8 Å². The summed E-state index contributed by atoms with van der Waals surface area (Å²) in [4.78, 5) is 1.86. The van der Waals surface area contributed by atoms with Gasteiger partial charge in [-0.3, -0.25) is 4.90 Å². The van der Waals surface area contributed by atoms with Crippen molar-refractivity contribution in [1.82, 2.24) is 4.90 Å². The largest absolute Gasteiger partial charge is 0.487 e. The highest BCUT2D eigenvalue weighted by Crippen LogP contribution is 2.31. The molecule has 0 aliphatic carbocycles. The quantitative estimate of drug-likeness (QED) is 0.505. The van der Waals surface area contributed by atoms with Crippen LogP contribution in [0.1, 0.15) is 23.3 Å². The van der Waals surface area contributed by atoms with Crippen LogP contribution in [-0.2, 0) is 0 Å². The van der Waals surface area contributed by atoms with Gasteiger partial charge in [-0.05, 0) is 23.3 Å². The van der Waals surface area contributed by atoms with Crippen LogP contribution in [0.2, 0.25) is 0 Å². The lowest BCUT2D eigenvalue weighted by atomic mass is 10.0. The highest BCUT2D eigenvalue weighted by molar-refractivity contribution is 5.40.